The lowest BCUT2D eigenvalue weighted by Crippen LogP contribution is -2.13. The minimum atomic E-state index is -0.349. The highest BCUT2D eigenvalue weighted by molar-refractivity contribution is 6.13. The Morgan fingerprint density at radius 2 is 1.89 bits per heavy atom. The fraction of sp³-hybridized carbons (Fsp3) is 0.222. The molecule has 0 radical (unpaired) electrons. The van der Waals surface area contributed by atoms with Gasteiger partial charge in [0.05, 0.1) is 22.3 Å². The number of carbonyl (C=O) groups excluding carboxylic acids is 1. The van der Waals surface area contributed by atoms with Crippen molar-refractivity contribution in [2.75, 3.05) is 5.32 Å². The molecular formula is C27H23FN6O2. The van der Waals surface area contributed by atoms with Gasteiger partial charge in [0, 0.05) is 29.8 Å². The molecule has 5 aromatic rings. The van der Waals surface area contributed by atoms with Crippen molar-refractivity contribution in [1.82, 2.24) is 24.9 Å². The summed E-state index contributed by atoms with van der Waals surface area (Å²) in [5.74, 6) is 1.14. The van der Waals surface area contributed by atoms with Gasteiger partial charge in [0.2, 0.25) is 0 Å². The van der Waals surface area contributed by atoms with Crippen molar-refractivity contribution in [3.05, 3.63) is 77.5 Å². The van der Waals surface area contributed by atoms with E-state index < -0.39 is 0 Å². The molecule has 0 saturated carbocycles. The van der Waals surface area contributed by atoms with Gasteiger partial charge >= 0.3 is 0 Å². The van der Waals surface area contributed by atoms with Gasteiger partial charge in [-0.05, 0) is 62.2 Å². The topological polar surface area (TPSA) is 98.7 Å². The molecule has 0 atom stereocenters. The molecule has 1 amide bonds. The smallest absolute Gasteiger partial charge is 0.259 e. The average Bonchev–Trinajstić information content (AvgIpc) is 3.39. The Bertz CT molecular complexity index is 1590. The lowest BCUT2D eigenvalue weighted by molar-refractivity contribution is 0.102. The van der Waals surface area contributed by atoms with E-state index in [0.29, 0.717) is 33.6 Å². The Kier molecular flexibility index (Phi) is 5.52. The summed E-state index contributed by atoms with van der Waals surface area (Å²) in [6.45, 7) is 2.65. The minimum absolute atomic E-state index is 0.249. The molecule has 1 N–H and O–H groups in total. The van der Waals surface area contributed by atoms with Crippen LogP contribution < -0.4 is 5.32 Å². The van der Waals surface area contributed by atoms with Crippen LogP contribution in [0.15, 0.2) is 59.1 Å². The Morgan fingerprint density at radius 1 is 1.03 bits per heavy atom. The molecule has 0 spiro atoms. The number of carbonyl (C=O) groups is 1. The first kappa shape index (κ1) is 22.1. The van der Waals surface area contributed by atoms with Gasteiger partial charge in [0.15, 0.2) is 5.82 Å². The lowest BCUT2D eigenvalue weighted by atomic mass is 10.0. The number of amides is 1. The second-order valence-electron chi connectivity index (χ2n) is 8.95. The van der Waals surface area contributed by atoms with E-state index >= 15 is 0 Å². The molecule has 0 saturated heterocycles. The molecule has 0 unspecified atom stereocenters. The van der Waals surface area contributed by atoms with Crippen molar-refractivity contribution in [2.24, 2.45) is 0 Å². The van der Waals surface area contributed by atoms with Crippen LogP contribution in [0.5, 0.6) is 0 Å². The van der Waals surface area contributed by atoms with Crippen LogP contribution in [-0.4, -0.2) is 30.8 Å². The summed E-state index contributed by atoms with van der Waals surface area (Å²) in [6.07, 6.45) is 4.33. The van der Waals surface area contributed by atoms with Crippen LogP contribution in [0.3, 0.4) is 0 Å². The summed E-state index contributed by atoms with van der Waals surface area (Å²) in [5, 5.41) is 16.4. The second kappa shape index (κ2) is 8.99. The zero-order valence-corrected chi connectivity index (χ0v) is 19.7. The number of aryl methyl sites for hydroxylation is 2. The van der Waals surface area contributed by atoms with Crippen LogP contribution >= 0.6 is 0 Å². The first-order chi connectivity index (χ1) is 17.6. The third-order valence-corrected chi connectivity index (χ3v) is 6.49. The van der Waals surface area contributed by atoms with Gasteiger partial charge in [-0.2, -0.15) is 0 Å². The molecule has 0 bridgehead atoms. The molecule has 6 rings (SSSR count). The van der Waals surface area contributed by atoms with E-state index in [1.54, 1.807) is 25.1 Å². The number of hydrogen-bond donors (Lipinski definition) is 1. The number of halogens is 1. The number of nitrogens with one attached hydrogen (secondary N) is 1. The van der Waals surface area contributed by atoms with Crippen molar-refractivity contribution < 1.29 is 13.7 Å². The lowest BCUT2D eigenvalue weighted by Gasteiger charge is -2.11. The van der Waals surface area contributed by atoms with Crippen LogP contribution in [0.1, 0.15) is 41.1 Å². The van der Waals surface area contributed by atoms with Gasteiger partial charge in [0.25, 0.3) is 11.6 Å². The molecule has 9 heteroatoms. The third kappa shape index (κ3) is 4.02. The summed E-state index contributed by atoms with van der Waals surface area (Å²) in [7, 11) is 0. The summed E-state index contributed by atoms with van der Waals surface area (Å²) in [6, 6.07) is 15.2. The summed E-state index contributed by atoms with van der Waals surface area (Å²) in [5.41, 5.74) is 3.86. The predicted octanol–water partition coefficient (Wildman–Crippen LogP) is 5.57. The van der Waals surface area contributed by atoms with Crippen molar-refractivity contribution in [1.29, 1.82) is 0 Å². The van der Waals surface area contributed by atoms with Gasteiger partial charge in [-0.25, -0.2) is 9.37 Å². The van der Waals surface area contributed by atoms with Crippen LogP contribution in [0, 0.1) is 12.7 Å². The third-order valence-electron chi connectivity index (χ3n) is 6.49. The zero-order valence-electron chi connectivity index (χ0n) is 19.7. The number of aromatic nitrogens is 5. The van der Waals surface area contributed by atoms with Crippen molar-refractivity contribution in [2.45, 2.75) is 39.2 Å². The fourth-order valence-corrected chi connectivity index (χ4v) is 4.68. The van der Waals surface area contributed by atoms with E-state index in [2.05, 4.69) is 30.2 Å². The van der Waals surface area contributed by atoms with E-state index in [1.807, 2.05) is 24.3 Å². The van der Waals surface area contributed by atoms with Gasteiger partial charge in [-0.1, -0.05) is 23.7 Å². The largest absolute Gasteiger partial charge is 0.335 e. The second-order valence-corrected chi connectivity index (χ2v) is 8.95. The Balaban J connectivity index is 1.35. The molecule has 3 aromatic heterocycles. The number of pyridine rings is 1. The molecule has 2 aromatic carbocycles. The summed E-state index contributed by atoms with van der Waals surface area (Å²) >= 11 is 0. The van der Waals surface area contributed by atoms with Crippen molar-refractivity contribution in [3.63, 3.8) is 0 Å². The average molecular weight is 483 g/mol. The van der Waals surface area contributed by atoms with E-state index in [0.717, 1.165) is 43.0 Å². The van der Waals surface area contributed by atoms with Gasteiger partial charge in [0.1, 0.15) is 11.6 Å². The number of nitrogens with zero attached hydrogens (tertiary/aromatic N) is 5. The minimum Gasteiger partial charge on any atom is -0.335 e. The number of fused-ring (bicyclic) bond motifs is 2. The quantitative estimate of drug-likeness (QED) is 0.359. The number of hydrogen-bond acceptors (Lipinski definition) is 6. The molecule has 1 aliphatic rings. The van der Waals surface area contributed by atoms with Crippen LogP contribution in [-0.2, 0) is 13.0 Å². The summed E-state index contributed by atoms with van der Waals surface area (Å²) < 4.78 is 21.0. The van der Waals surface area contributed by atoms with E-state index in [-0.39, 0.29) is 17.4 Å². The van der Waals surface area contributed by atoms with Crippen molar-refractivity contribution >= 4 is 22.7 Å². The molecule has 0 fully saturated rings. The van der Waals surface area contributed by atoms with E-state index in [4.69, 9.17) is 4.52 Å². The molecule has 36 heavy (non-hydrogen) atoms. The first-order valence-corrected chi connectivity index (χ1v) is 11.9. The number of anilines is 1. The predicted molar refractivity (Wildman–Crippen MR) is 133 cm³/mol. The molecule has 0 aliphatic carbocycles. The summed E-state index contributed by atoms with van der Waals surface area (Å²) in [4.78, 5) is 18.0. The van der Waals surface area contributed by atoms with E-state index in [1.165, 1.54) is 18.6 Å². The maximum atomic E-state index is 13.5. The van der Waals surface area contributed by atoms with Crippen LogP contribution in [0.25, 0.3) is 33.7 Å². The maximum absolute atomic E-state index is 13.5. The fourth-order valence-electron chi connectivity index (χ4n) is 4.68. The van der Waals surface area contributed by atoms with Gasteiger partial charge < -0.3 is 14.4 Å². The highest BCUT2D eigenvalue weighted by Crippen LogP contribution is 2.29. The molecule has 1 aliphatic heterocycles. The Morgan fingerprint density at radius 3 is 2.75 bits per heavy atom. The zero-order chi connectivity index (χ0) is 24.6. The normalized spacial score (nSPS) is 13.4. The molecule has 180 valence electrons. The molecule has 8 nitrogen and oxygen atoms in total. The van der Waals surface area contributed by atoms with Crippen LogP contribution in [0.4, 0.5) is 10.1 Å². The van der Waals surface area contributed by atoms with Gasteiger partial charge in [-0.3, -0.25) is 4.79 Å². The number of benzene rings is 2. The highest BCUT2D eigenvalue weighted by Gasteiger charge is 2.21. The first-order valence-electron chi connectivity index (χ1n) is 11.9. The molecular weight excluding hydrogens is 459 g/mol. The monoisotopic (exact) mass is 482 g/mol. The molecule has 4 heterocycles. The Labute approximate surface area is 206 Å². The Hall–Kier alpha value is -4.40. The number of rotatable bonds is 4. The standard InChI is InChI=1S/C27H23FN6O2/c1-16-24-21(15-22(30-27(24)36-33-16)17-9-11-19(28)12-10-17)26(35)29-20-7-5-6-18(14-20)25-32-31-23-8-3-2-4-13-34(23)25/h5-7,9-12,14-15H,2-4,8,13H2,1H3,(H,29,35). The SMILES string of the molecule is Cc1noc2nc(-c3ccc(F)cc3)cc(C(=O)Nc3cccc(-c4nnc5n4CCCCC5)c3)c12. The maximum Gasteiger partial charge on any atom is 0.259 e. The van der Waals surface area contributed by atoms with Crippen molar-refractivity contribution in [3.8, 4) is 22.6 Å². The van der Waals surface area contributed by atoms with Crippen LogP contribution in [0.2, 0.25) is 0 Å². The highest BCUT2D eigenvalue weighted by atomic mass is 19.1. The van der Waals surface area contributed by atoms with Gasteiger partial charge in [-0.15, -0.1) is 10.2 Å². The van der Waals surface area contributed by atoms with E-state index in [9.17, 15) is 9.18 Å².